The molecule has 0 aliphatic heterocycles. The third kappa shape index (κ3) is 3.50. The number of carbonyl (C=O) groups excluding carboxylic acids is 1. The van der Waals surface area contributed by atoms with Crippen molar-refractivity contribution in [2.75, 3.05) is 0 Å². The molecule has 3 N–H and O–H groups in total. The summed E-state index contributed by atoms with van der Waals surface area (Å²) in [6.07, 6.45) is 0. The van der Waals surface area contributed by atoms with E-state index in [9.17, 15) is 9.90 Å². The van der Waals surface area contributed by atoms with Gasteiger partial charge in [-0.25, -0.2) is 0 Å². The molecule has 2 aromatic rings. The minimum atomic E-state index is -0.350. The standard InChI is InChI=1S/C15H14ClNO3/c16-14-6-5-12(19)7-13(14)15(20)17-8-10-1-3-11(9-18)4-2-10/h1-7,18-19H,8-9H2,(H,17,20). The highest BCUT2D eigenvalue weighted by Crippen LogP contribution is 2.21. The molecule has 0 unspecified atom stereocenters. The third-order valence-corrected chi connectivity index (χ3v) is 3.18. The van der Waals surface area contributed by atoms with Gasteiger partial charge in [-0.05, 0) is 29.3 Å². The molecule has 0 heterocycles. The molecule has 0 saturated carbocycles. The molecular weight excluding hydrogens is 278 g/mol. The predicted octanol–water partition coefficient (Wildman–Crippen LogP) is 2.47. The van der Waals surface area contributed by atoms with Crippen LogP contribution in [0.1, 0.15) is 21.5 Å². The molecule has 0 bridgehead atoms. The van der Waals surface area contributed by atoms with Crippen LogP contribution in [0, 0.1) is 0 Å². The molecule has 0 atom stereocenters. The maximum atomic E-state index is 12.0. The van der Waals surface area contributed by atoms with Gasteiger partial charge in [0.2, 0.25) is 0 Å². The van der Waals surface area contributed by atoms with E-state index < -0.39 is 0 Å². The number of benzene rings is 2. The summed E-state index contributed by atoms with van der Waals surface area (Å²) >= 11 is 5.91. The Bertz CT molecular complexity index is 611. The number of phenols is 1. The second kappa shape index (κ2) is 6.41. The lowest BCUT2D eigenvalue weighted by molar-refractivity contribution is 0.0950. The van der Waals surface area contributed by atoms with Gasteiger partial charge in [-0.3, -0.25) is 4.79 Å². The van der Waals surface area contributed by atoms with Crippen molar-refractivity contribution in [2.45, 2.75) is 13.2 Å². The summed E-state index contributed by atoms with van der Waals surface area (Å²) in [7, 11) is 0. The van der Waals surface area contributed by atoms with Crippen molar-refractivity contribution in [1.82, 2.24) is 5.32 Å². The summed E-state index contributed by atoms with van der Waals surface area (Å²) in [4.78, 5) is 12.0. The molecule has 4 nitrogen and oxygen atoms in total. The van der Waals surface area contributed by atoms with E-state index in [1.54, 1.807) is 12.1 Å². The second-order valence-electron chi connectivity index (χ2n) is 4.32. The van der Waals surface area contributed by atoms with Crippen molar-refractivity contribution in [1.29, 1.82) is 0 Å². The molecule has 0 aliphatic rings. The van der Waals surface area contributed by atoms with E-state index >= 15 is 0 Å². The summed E-state index contributed by atoms with van der Waals surface area (Å²) in [6.45, 7) is 0.335. The summed E-state index contributed by atoms with van der Waals surface area (Å²) in [5.74, 6) is -0.357. The molecule has 0 aromatic heterocycles. The van der Waals surface area contributed by atoms with Crippen LogP contribution in [-0.4, -0.2) is 16.1 Å². The number of carbonyl (C=O) groups is 1. The van der Waals surface area contributed by atoms with Gasteiger partial charge in [0.1, 0.15) is 5.75 Å². The average molecular weight is 292 g/mol. The Hall–Kier alpha value is -2.04. The SMILES string of the molecule is O=C(NCc1ccc(CO)cc1)c1cc(O)ccc1Cl. The molecule has 0 fully saturated rings. The van der Waals surface area contributed by atoms with Crippen LogP contribution < -0.4 is 5.32 Å². The van der Waals surface area contributed by atoms with Gasteiger partial charge < -0.3 is 15.5 Å². The maximum Gasteiger partial charge on any atom is 0.253 e. The molecule has 0 saturated heterocycles. The van der Waals surface area contributed by atoms with Gasteiger partial charge in [0.15, 0.2) is 0 Å². The number of phenolic OH excluding ortho intramolecular Hbond substituents is 1. The first-order valence-electron chi connectivity index (χ1n) is 6.05. The number of amides is 1. The molecule has 0 aliphatic carbocycles. The zero-order valence-electron chi connectivity index (χ0n) is 10.6. The van der Waals surface area contributed by atoms with E-state index in [0.29, 0.717) is 6.54 Å². The van der Waals surface area contributed by atoms with Gasteiger partial charge in [0.25, 0.3) is 5.91 Å². The highest BCUT2D eigenvalue weighted by atomic mass is 35.5. The third-order valence-electron chi connectivity index (χ3n) is 2.85. The van der Waals surface area contributed by atoms with Gasteiger partial charge in [0.05, 0.1) is 17.2 Å². The van der Waals surface area contributed by atoms with Crippen molar-refractivity contribution in [3.8, 4) is 5.75 Å². The minimum Gasteiger partial charge on any atom is -0.508 e. The first-order valence-corrected chi connectivity index (χ1v) is 6.43. The number of aromatic hydroxyl groups is 1. The minimum absolute atomic E-state index is 0.00755. The summed E-state index contributed by atoms with van der Waals surface area (Å²) in [5, 5.41) is 21.3. The van der Waals surface area contributed by atoms with Gasteiger partial charge in [-0.15, -0.1) is 0 Å². The maximum absolute atomic E-state index is 12.0. The predicted molar refractivity (Wildman–Crippen MR) is 76.7 cm³/mol. The molecule has 0 radical (unpaired) electrons. The van der Waals surface area contributed by atoms with Crippen LogP contribution in [0.15, 0.2) is 42.5 Å². The molecule has 2 rings (SSSR count). The quantitative estimate of drug-likeness (QED) is 0.810. The number of rotatable bonds is 4. The summed E-state index contributed by atoms with van der Waals surface area (Å²) < 4.78 is 0. The number of halogens is 1. The molecule has 104 valence electrons. The number of hydrogen-bond donors (Lipinski definition) is 3. The van der Waals surface area contributed by atoms with E-state index in [1.807, 2.05) is 12.1 Å². The Morgan fingerprint density at radius 1 is 1.10 bits per heavy atom. The van der Waals surface area contributed by atoms with E-state index in [0.717, 1.165) is 11.1 Å². The number of nitrogens with one attached hydrogen (secondary N) is 1. The smallest absolute Gasteiger partial charge is 0.253 e. The molecular formula is C15H14ClNO3. The number of aliphatic hydroxyl groups is 1. The Kier molecular flexibility index (Phi) is 4.61. The fraction of sp³-hybridized carbons (Fsp3) is 0.133. The van der Waals surface area contributed by atoms with Crippen LogP contribution in [0.5, 0.6) is 5.75 Å². The fourth-order valence-electron chi connectivity index (χ4n) is 1.73. The lowest BCUT2D eigenvalue weighted by atomic mass is 10.1. The normalized spacial score (nSPS) is 10.3. The monoisotopic (exact) mass is 291 g/mol. The van der Waals surface area contributed by atoms with Crippen molar-refractivity contribution in [3.63, 3.8) is 0 Å². The average Bonchev–Trinajstić information content (AvgIpc) is 2.47. The molecule has 0 spiro atoms. The van der Waals surface area contributed by atoms with Gasteiger partial charge in [-0.1, -0.05) is 35.9 Å². The van der Waals surface area contributed by atoms with Crippen LogP contribution in [0.2, 0.25) is 5.02 Å². The second-order valence-corrected chi connectivity index (χ2v) is 4.73. The van der Waals surface area contributed by atoms with Gasteiger partial charge >= 0.3 is 0 Å². The number of hydrogen-bond acceptors (Lipinski definition) is 3. The first kappa shape index (κ1) is 14.4. The lowest BCUT2D eigenvalue weighted by Crippen LogP contribution is -2.23. The van der Waals surface area contributed by atoms with E-state index in [1.165, 1.54) is 18.2 Å². The van der Waals surface area contributed by atoms with Crippen molar-refractivity contribution >= 4 is 17.5 Å². The molecule has 20 heavy (non-hydrogen) atoms. The molecule has 1 amide bonds. The Labute approximate surface area is 121 Å². The van der Waals surface area contributed by atoms with Gasteiger partial charge in [0, 0.05) is 6.54 Å². The van der Waals surface area contributed by atoms with Crippen molar-refractivity contribution < 1.29 is 15.0 Å². The van der Waals surface area contributed by atoms with Crippen LogP contribution in [0.4, 0.5) is 0 Å². The molecule has 5 heteroatoms. The van der Waals surface area contributed by atoms with Crippen molar-refractivity contribution in [3.05, 3.63) is 64.2 Å². The van der Waals surface area contributed by atoms with Gasteiger partial charge in [-0.2, -0.15) is 0 Å². The number of aliphatic hydroxyl groups excluding tert-OH is 1. The Morgan fingerprint density at radius 2 is 1.75 bits per heavy atom. The zero-order valence-corrected chi connectivity index (χ0v) is 11.4. The van der Waals surface area contributed by atoms with Crippen LogP contribution in [-0.2, 0) is 13.2 Å². The highest BCUT2D eigenvalue weighted by Gasteiger charge is 2.10. The fourth-order valence-corrected chi connectivity index (χ4v) is 1.93. The zero-order chi connectivity index (χ0) is 14.5. The van der Waals surface area contributed by atoms with Crippen LogP contribution in [0.25, 0.3) is 0 Å². The Morgan fingerprint density at radius 3 is 2.40 bits per heavy atom. The summed E-state index contributed by atoms with van der Waals surface area (Å²) in [5.41, 5.74) is 1.96. The van der Waals surface area contributed by atoms with E-state index in [4.69, 9.17) is 16.7 Å². The van der Waals surface area contributed by atoms with Crippen LogP contribution >= 0.6 is 11.6 Å². The molecule has 2 aromatic carbocycles. The largest absolute Gasteiger partial charge is 0.508 e. The van der Waals surface area contributed by atoms with E-state index in [-0.39, 0.29) is 28.8 Å². The van der Waals surface area contributed by atoms with E-state index in [2.05, 4.69) is 5.32 Å². The van der Waals surface area contributed by atoms with Crippen molar-refractivity contribution in [2.24, 2.45) is 0 Å². The Balaban J connectivity index is 2.02. The topological polar surface area (TPSA) is 69.6 Å². The summed E-state index contributed by atoms with van der Waals surface area (Å²) in [6, 6.07) is 11.5. The lowest BCUT2D eigenvalue weighted by Gasteiger charge is -2.08. The first-order chi connectivity index (χ1) is 9.60. The van der Waals surface area contributed by atoms with Crippen LogP contribution in [0.3, 0.4) is 0 Å². The highest BCUT2D eigenvalue weighted by molar-refractivity contribution is 6.33.